The van der Waals surface area contributed by atoms with E-state index in [0.29, 0.717) is 11.1 Å². The van der Waals surface area contributed by atoms with Gasteiger partial charge in [0.05, 0.1) is 0 Å². The van der Waals surface area contributed by atoms with E-state index >= 15 is 0 Å². The minimum atomic E-state index is -0.480. The quantitative estimate of drug-likeness (QED) is 0.488. The van der Waals surface area contributed by atoms with Gasteiger partial charge in [0, 0.05) is 24.4 Å². The van der Waals surface area contributed by atoms with Gasteiger partial charge in [-0.1, -0.05) is 36.9 Å². The van der Waals surface area contributed by atoms with Crippen LogP contribution < -0.4 is 5.73 Å². The zero-order valence-electron chi connectivity index (χ0n) is 11.2. The van der Waals surface area contributed by atoms with Gasteiger partial charge in [-0.25, -0.2) is 0 Å². The molecular formula is C16H16N2O2. The Hall–Kier alpha value is -2.75. The molecule has 1 aromatic rings. The summed E-state index contributed by atoms with van der Waals surface area (Å²) < 4.78 is 0. The lowest BCUT2D eigenvalue weighted by molar-refractivity contribution is -0.110. The summed E-state index contributed by atoms with van der Waals surface area (Å²) in [6, 6.07) is 6.66. The van der Waals surface area contributed by atoms with Gasteiger partial charge in [-0.05, 0) is 23.8 Å². The zero-order chi connectivity index (χ0) is 15.0. The number of nitrogens with zero attached hydrogens (tertiary/aromatic N) is 1. The largest absolute Gasteiger partial charge is 0.366 e. The maximum absolute atomic E-state index is 11.9. The van der Waals surface area contributed by atoms with Crippen molar-refractivity contribution in [2.75, 3.05) is 7.05 Å². The molecule has 0 saturated heterocycles. The molecule has 2 N–H and O–H groups in total. The molecule has 20 heavy (non-hydrogen) atoms. The fourth-order valence-electron chi connectivity index (χ4n) is 1.48. The third-order valence-corrected chi connectivity index (χ3v) is 2.47. The van der Waals surface area contributed by atoms with E-state index in [0.717, 1.165) is 5.56 Å². The molecule has 0 heterocycles. The number of rotatable bonds is 6. The smallest absolute Gasteiger partial charge is 0.248 e. The molecule has 0 bridgehead atoms. The molecule has 102 valence electrons. The normalized spacial score (nSPS) is 11.9. The van der Waals surface area contributed by atoms with Crippen LogP contribution in [0.25, 0.3) is 6.08 Å². The average Bonchev–Trinajstić information content (AvgIpc) is 2.45. The Balaban J connectivity index is 2.86. The number of amides is 1. The van der Waals surface area contributed by atoms with Crippen molar-refractivity contribution in [3.8, 4) is 0 Å². The number of aliphatic imine (C=N–C) groups is 1. The summed E-state index contributed by atoms with van der Waals surface area (Å²) in [6.45, 7) is 3.55. The number of benzene rings is 1. The van der Waals surface area contributed by atoms with Gasteiger partial charge in [-0.15, -0.1) is 0 Å². The molecule has 0 atom stereocenters. The average molecular weight is 268 g/mol. The lowest BCUT2D eigenvalue weighted by atomic mass is 10.1. The SMILES string of the molecule is C=C/C=C(\C=NC)C(=O)/C=C/c1ccc(C(N)=O)cc1. The number of allylic oxidation sites excluding steroid dienone is 4. The highest BCUT2D eigenvalue weighted by Crippen LogP contribution is 2.07. The molecule has 0 unspecified atom stereocenters. The van der Waals surface area contributed by atoms with E-state index in [-0.39, 0.29) is 5.78 Å². The summed E-state index contributed by atoms with van der Waals surface area (Å²) in [4.78, 5) is 26.6. The van der Waals surface area contributed by atoms with Crippen molar-refractivity contribution in [2.24, 2.45) is 10.7 Å². The van der Waals surface area contributed by atoms with E-state index in [1.807, 2.05) is 0 Å². The van der Waals surface area contributed by atoms with Crippen molar-refractivity contribution < 1.29 is 9.59 Å². The summed E-state index contributed by atoms with van der Waals surface area (Å²) in [7, 11) is 1.59. The van der Waals surface area contributed by atoms with Gasteiger partial charge >= 0.3 is 0 Å². The van der Waals surface area contributed by atoms with Crippen molar-refractivity contribution in [1.29, 1.82) is 0 Å². The van der Waals surface area contributed by atoms with Crippen LogP contribution in [0, 0.1) is 0 Å². The van der Waals surface area contributed by atoms with Crippen molar-refractivity contribution in [3.63, 3.8) is 0 Å². The molecule has 0 aliphatic carbocycles. The van der Waals surface area contributed by atoms with Gasteiger partial charge in [-0.3, -0.25) is 14.6 Å². The molecule has 0 aromatic heterocycles. The van der Waals surface area contributed by atoms with E-state index in [9.17, 15) is 9.59 Å². The number of hydrogen-bond donors (Lipinski definition) is 1. The number of nitrogens with two attached hydrogens (primary N) is 1. The minimum Gasteiger partial charge on any atom is -0.366 e. The molecular weight excluding hydrogens is 252 g/mol. The second-order valence-electron chi connectivity index (χ2n) is 3.93. The molecule has 1 amide bonds. The Morgan fingerprint density at radius 1 is 1.25 bits per heavy atom. The Morgan fingerprint density at radius 3 is 2.40 bits per heavy atom. The third-order valence-electron chi connectivity index (χ3n) is 2.47. The van der Waals surface area contributed by atoms with Crippen LogP contribution in [0.5, 0.6) is 0 Å². The maximum atomic E-state index is 11.9. The van der Waals surface area contributed by atoms with E-state index in [2.05, 4.69) is 11.6 Å². The first-order valence-corrected chi connectivity index (χ1v) is 5.95. The van der Waals surface area contributed by atoms with E-state index in [4.69, 9.17) is 5.73 Å². The highest BCUT2D eigenvalue weighted by molar-refractivity contribution is 6.19. The standard InChI is InChI=1S/C16H16N2O2/c1-3-4-14(11-18-2)15(19)10-7-12-5-8-13(9-6-12)16(17)20/h3-11H,1H2,2H3,(H2,17,20)/b10-7+,14-4+,18-11?. The van der Waals surface area contributed by atoms with Gasteiger partial charge in [0.25, 0.3) is 0 Å². The molecule has 1 rings (SSSR count). The lowest BCUT2D eigenvalue weighted by Crippen LogP contribution is -2.10. The van der Waals surface area contributed by atoms with Gasteiger partial charge in [-0.2, -0.15) is 0 Å². The molecule has 0 aliphatic heterocycles. The molecule has 0 saturated carbocycles. The van der Waals surface area contributed by atoms with Crippen LogP contribution in [0.2, 0.25) is 0 Å². The number of carbonyl (C=O) groups is 2. The Kier molecular flexibility index (Phi) is 5.84. The summed E-state index contributed by atoms with van der Waals surface area (Å²) in [5, 5.41) is 0. The first-order valence-electron chi connectivity index (χ1n) is 5.95. The number of carbonyl (C=O) groups excluding carboxylic acids is 2. The fourth-order valence-corrected chi connectivity index (χ4v) is 1.48. The van der Waals surface area contributed by atoms with Crippen LogP contribution in [0.15, 0.2) is 59.6 Å². The highest BCUT2D eigenvalue weighted by Gasteiger charge is 2.02. The second-order valence-corrected chi connectivity index (χ2v) is 3.93. The third kappa shape index (κ3) is 4.49. The first-order chi connectivity index (χ1) is 9.58. The molecule has 4 heteroatoms. The van der Waals surface area contributed by atoms with Crippen LogP contribution >= 0.6 is 0 Å². The summed E-state index contributed by atoms with van der Waals surface area (Å²) in [6.07, 6.45) is 7.70. The van der Waals surface area contributed by atoms with Crippen LogP contribution in [0.4, 0.5) is 0 Å². The number of ketones is 1. The fraction of sp³-hybridized carbons (Fsp3) is 0.0625. The Labute approximate surface area is 118 Å². The summed E-state index contributed by atoms with van der Waals surface area (Å²) in [5.74, 6) is -0.651. The van der Waals surface area contributed by atoms with E-state index in [1.165, 1.54) is 18.4 Å². The lowest BCUT2D eigenvalue weighted by Gasteiger charge is -1.97. The number of hydrogen-bond acceptors (Lipinski definition) is 3. The second kappa shape index (κ2) is 7.63. The van der Waals surface area contributed by atoms with Gasteiger partial charge in [0.1, 0.15) is 0 Å². The monoisotopic (exact) mass is 268 g/mol. The Morgan fingerprint density at radius 2 is 1.90 bits per heavy atom. The van der Waals surface area contributed by atoms with Crippen LogP contribution in [0.3, 0.4) is 0 Å². The van der Waals surface area contributed by atoms with Crippen LogP contribution in [-0.4, -0.2) is 25.0 Å². The Bertz CT molecular complexity index is 593. The number of primary amides is 1. The van der Waals surface area contributed by atoms with Crippen molar-refractivity contribution in [3.05, 3.63) is 65.8 Å². The van der Waals surface area contributed by atoms with Crippen LogP contribution in [0.1, 0.15) is 15.9 Å². The van der Waals surface area contributed by atoms with Gasteiger partial charge < -0.3 is 5.73 Å². The molecule has 4 nitrogen and oxygen atoms in total. The molecule has 0 aliphatic rings. The van der Waals surface area contributed by atoms with Crippen molar-refractivity contribution in [1.82, 2.24) is 0 Å². The van der Waals surface area contributed by atoms with Crippen LogP contribution in [-0.2, 0) is 4.79 Å². The summed E-state index contributed by atoms with van der Waals surface area (Å²) >= 11 is 0. The maximum Gasteiger partial charge on any atom is 0.248 e. The summed E-state index contributed by atoms with van der Waals surface area (Å²) in [5.41, 5.74) is 6.83. The molecule has 1 aromatic carbocycles. The molecule has 0 radical (unpaired) electrons. The van der Waals surface area contributed by atoms with Crippen molar-refractivity contribution in [2.45, 2.75) is 0 Å². The highest BCUT2D eigenvalue weighted by atomic mass is 16.1. The minimum absolute atomic E-state index is 0.172. The topological polar surface area (TPSA) is 72.5 Å². The van der Waals surface area contributed by atoms with E-state index in [1.54, 1.807) is 43.5 Å². The molecule has 0 spiro atoms. The molecule has 0 fully saturated rings. The predicted molar refractivity (Wildman–Crippen MR) is 81.7 cm³/mol. The zero-order valence-corrected chi connectivity index (χ0v) is 11.2. The predicted octanol–water partition coefficient (Wildman–Crippen LogP) is 2.18. The van der Waals surface area contributed by atoms with Gasteiger partial charge in [0.15, 0.2) is 5.78 Å². The van der Waals surface area contributed by atoms with Gasteiger partial charge in [0.2, 0.25) is 5.91 Å². The van der Waals surface area contributed by atoms with Crippen molar-refractivity contribution >= 4 is 24.0 Å². The van der Waals surface area contributed by atoms with E-state index < -0.39 is 5.91 Å². The first kappa shape index (κ1) is 15.3.